The van der Waals surface area contributed by atoms with Crippen molar-refractivity contribution >= 4 is 15.9 Å². The van der Waals surface area contributed by atoms with E-state index in [4.69, 9.17) is 4.74 Å². The minimum absolute atomic E-state index is 0.327. The fourth-order valence-electron chi connectivity index (χ4n) is 1.97. The van der Waals surface area contributed by atoms with Gasteiger partial charge in [-0.3, -0.25) is 0 Å². The van der Waals surface area contributed by atoms with Gasteiger partial charge in [-0.05, 0) is 30.2 Å². The van der Waals surface area contributed by atoms with Crippen LogP contribution in [-0.2, 0) is 10.9 Å². The van der Waals surface area contributed by atoms with Crippen LogP contribution < -0.4 is 0 Å². The Hall–Kier alpha value is -0.590. The number of benzene rings is 1. The van der Waals surface area contributed by atoms with E-state index >= 15 is 0 Å². The van der Waals surface area contributed by atoms with E-state index in [0.29, 0.717) is 29.5 Å². The zero-order valence-corrected chi connectivity index (χ0v) is 11.0. The first kappa shape index (κ1) is 13.8. The molecule has 2 nitrogen and oxygen atoms in total. The van der Waals surface area contributed by atoms with E-state index < -0.39 is 23.9 Å². The summed E-state index contributed by atoms with van der Waals surface area (Å²) in [6, 6.07) is 3.70. The molecular formula is C12H12BrF3O2. The van der Waals surface area contributed by atoms with E-state index in [2.05, 4.69) is 15.9 Å². The van der Waals surface area contributed by atoms with Crippen molar-refractivity contribution in [2.45, 2.75) is 31.2 Å². The van der Waals surface area contributed by atoms with E-state index in [9.17, 15) is 18.3 Å². The van der Waals surface area contributed by atoms with Crippen LogP contribution in [0, 0.1) is 0 Å². The van der Waals surface area contributed by atoms with Crippen LogP contribution in [0.1, 0.15) is 30.1 Å². The van der Waals surface area contributed by atoms with Crippen LogP contribution in [0.5, 0.6) is 0 Å². The summed E-state index contributed by atoms with van der Waals surface area (Å²) in [5.74, 6) is 0. The lowest BCUT2D eigenvalue weighted by atomic mass is 9.98. The molecule has 1 aliphatic rings. The molecular weight excluding hydrogens is 313 g/mol. The van der Waals surface area contributed by atoms with Crippen LogP contribution in [0.3, 0.4) is 0 Å². The molecule has 0 bridgehead atoms. The predicted molar refractivity (Wildman–Crippen MR) is 63.1 cm³/mol. The SMILES string of the molecule is OC1CCOC(c2cc(Br)cc(C(F)(F)F)c2)C1. The van der Waals surface area contributed by atoms with Gasteiger partial charge < -0.3 is 9.84 Å². The molecule has 1 N–H and O–H groups in total. The molecule has 2 atom stereocenters. The van der Waals surface area contributed by atoms with Gasteiger partial charge in [0, 0.05) is 17.5 Å². The second-order valence-corrected chi connectivity index (χ2v) is 5.22. The standard InChI is InChI=1S/C12H12BrF3O2/c13-9-4-7(3-8(5-9)12(14,15)16)11-6-10(17)1-2-18-11/h3-5,10-11,17H,1-2,6H2. The number of halogens is 4. The van der Waals surface area contributed by atoms with Gasteiger partial charge in [-0.25, -0.2) is 0 Å². The van der Waals surface area contributed by atoms with E-state index in [0.717, 1.165) is 12.1 Å². The maximum atomic E-state index is 12.7. The molecule has 100 valence electrons. The minimum atomic E-state index is -4.38. The van der Waals surface area contributed by atoms with Crippen molar-refractivity contribution in [1.29, 1.82) is 0 Å². The number of hydrogen-bond acceptors (Lipinski definition) is 2. The van der Waals surface area contributed by atoms with E-state index in [1.165, 1.54) is 0 Å². The molecule has 0 saturated carbocycles. The van der Waals surface area contributed by atoms with Crippen LogP contribution in [0.15, 0.2) is 22.7 Å². The normalized spacial score (nSPS) is 25.2. The summed E-state index contributed by atoms with van der Waals surface area (Å²) in [5.41, 5.74) is -0.272. The number of rotatable bonds is 1. The number of aliphatic hydroxyl groups excluding tert-OH is 1. The number of alkyl halides is 3. The highest BCUT2D eigenvalue weighted by atomic mass is 79.9. The fraction of sp³-hybridized carbons (Fsp3) is 0.500. The summed E-state index contributed by atoms with van der Waals surface area (Å²) in [6.45, 7) is 0.361. The van der Waals surface area contributed by atoms with Gasteiger partial charge in [0.25, 0.3) is 0 Å². The molecule has 1 aromatic carbocycles. The number of hydrogen-bond donors (Lipinski definition) is 1. The smallest absolute Gasteiger partial charge is 0.393 e. The average molecular weight is 325 g/mol. The quantitative estimate of drug-likeness (QED) is 0.853. The molecule has 2 unspecified atom stereocenters. The molecule has 1 heterocycles. The Morgan fingerprint density at radius 2 is 2.00 bits per heavy atom. The van der Waals surface area contributed by atoms with Gasteiger partial charge in [0.1, 0.15) is 0 Å². The van der Waals surface area contributed by atoms with Gasteiger partial charge in [0.15, 0.2) is 0 Å². The number of ether oxygens (including phenoxy) is 1. The molecule has 1 fully saturated rings. The first-order chi connectivity index (χ1) is 8.36. The zero-order valence-electron chi connectivity index (χ0n) is 9.38. The molecule has 1 aliphatic heterocycles. The molecule has 0 spiro atoms. The molecule has 0 amide bonds. The third-order valence-electron chi connectivity index (χ3n) is 2.88. The highest BCUT2D eigenvalue weighted by Gasteiger charge is 2.32. The van der Waals surface area contributed by atoms with Crippen LogP contribution in [-0.4, -0.2) is 17.8 Å². The second kappa shape index (κ2) is 5.19. The fourth-order valence-corrected chi connectivity index (χ4v) is 2.48. The molecule has 0 aromatic heterocycles. The van der Waals surface area contributed by atoms with Crippen molar-refractivity contribution in [2.75, 3.05) is 6.61 Å². The van der Waals surface area contributed by atoms with E-state index in [-0.39, 0.29) is 0 Å². The lowest BCUT2D eigenvalue weighted by Gasteiger charge is -2.27. The van der Waals surface area contributed by atoms with Crippen molar-refractivity contribution in [3.63, 3.8) is 0 Å². The van der Waals surface area contributed by atoms with Crippen LogP contribution in [0.25, 0.3) is 0 Å². The van der Waals surface area contributed by atoms with Crippen molar-refractivity contribution < 1.29 is 23.0 Å². The summed E-state index contributed by atoms with van der Waals surface area (Å²) >= 11 is 3.07. The summed E-state index contributed by atoms with van der Waals surface area (Å²) in [4.78, 5) is 0. The Kier molecular flexibility index (Phi) is 3.99. The highest BCUT2D eigenvalue weighted by Crippen LogP contribution is 2.36. The third kappa shape index (κ3) is 3.24. The molecule has 18 heavy (non-hydrogen) atoms. The first-order valence-electron chi connectivity index (χ1n) is 5.53. The Balaban J connectivity index is 2.30. The summed E-state index contributed by atoms with van der Waals surface area (Å²) in [5, 5.41) is 9.53. The molecule has 2 rings (SSSR count). The first-order valence-corrected chi connectivity index (χ1v) is 6.33. The summed E-state index contributed by atoms with van der Waals surface area (Å²) in [7, 11) is 0. The Morgan fingerprint density at radius 3 is 2.61 bits per heavy atom. The average Bonchev–Trinajstić information content (AvgIpc) is 2.27. The monoisotopic (exact) mass is 324 g/mol. The summed E-state index contributed by atoms with van der Waals surface area (Å²) in [6.07, 6.45) is -4.53. The molecule has 1 saturated heterocycles. The van der Waals surface area contributed by atoms with Crippen LogP contribution in [0.4, 0.5) is 13.2 Å². The Labute approximate surface area is 111 Å². The molecule has 0 radical (unpaired) electrons. The minimum Gasteiger partial charge on any atom is -0.393 e. The van der Waals surface area contributed by atoms with E-state index in [1.54, 1.807) is 6.07 Å². The largest absolute Gasteiger partial charge is 0.416 e. The summed E-state index contributed by atoms with van der Waals surface area (Å²) < 4.78 is 43.8. The maximum Gasteiger partial charge on any atom is 0.416 e. The zero-order chi connectivity index (χ0) is 13.3. The van der Waals surface area contributed by atoms with E-state index in [1.807, 2.05) is 0 Å². The van der Waals surface area contributed by atoms with Gasteiger partial charge in [-0.1, -0.05) is 15.9 Å². The van der Waals surface area contributed by atoms with Crippen molar-refractivity contribution in [1.82, 2.24) is 0 Å². The van der Waals surface area contributed by atoms with Gasteiger partial charge >= 0.3 is 6.18 Å². The predicted octanol–water partition coefficient (Wildman–Crippen LogP) is 3.68. The molecule has 6 heteroatoms. The lowest BCUT2D eigenvalue weighted by Crippen LogP contribution is -2.23. The van der Waals surface area contributed by atoms with Crippen LogP contribution >= 0.6 is 15.9 Å². The van der Waals surface area contributed by atoms with Crippen molar-refractivity contribution in [3.05, 3.63) is 33.8 Å². The van der Waals surface area contributed by atoms with Crippen molar-refractivity contribution in [2.24, 2.45) is 0 Å². The highest BCUT2D eigenvalue weighted by molar-refractivity contribution is 9.10. The van der Waals surface area contributed by atoms with Gasteiger partial charge in [0.05, 0.1) is 17.8 Å². The molecule has 1 aromatic rings. The van der Waals surface area contributed by atoms with Crippen LogP contribution in [0.2, 0.25) is 0 Å². The van der Waals surface area contributed by atoms with Gasteiger partial charge in [-0.2, -0.15) is 13.2 Å². The topological polar surface area (TPSA) is 29.5 Å². The lowest BCUT2D eigenvalue weighted by molar-refractivity contribution is -0.137. The third-order valence-corrected chi connectivity index (χ3v) is 3.33. The Bertz CT molecular complexity index is 434. The van der Waals surface area contributed by atoms with Crippen molar-refractivity contribution in [3.8, 4) is 0 Å². The van der Waals surface area contributed by atoms with Gasteiger partial charge in [-0.15, -0.1) is 0 Å². The Morgan fingerprint density at radius 1 is 1.28 bits per heavy atom. The van der Waals surface area contributed by atoms with Gasteiger partial charge in [0.2, 0.25) is 0 Å². The number of aliphatic hydroxyl groups is 1. The maximum absolute atomic E-state index is 12.7. The second-order valence-electron chi connectivity index (χ2n) is 4.31. The molecule has 0 aliphatic carbocycles.